The molecule has 1 heterocycles. The van der Waals surface area contributed by atoms with Gasteiger partial charge in [-0.1, -0.05) is 12.1 Å². The Hall–Kier alpha value is -1.92. The zero-order valence-corrected chi connectivity index (χ0v) is 17.0. The first-order chi connectivity index (χ1) is 11.6. The Labute approximate surface area is 171 Å². The molecule has 127 valence electrons. The summed E-state index contributed by atoms with van der Waals surface area (Å²) in [6.07, 6.45) is 3.84. The first-order valence-corrected chi connectivity index (χ1v) is 7.63. The number of hydrogen-bond donors (Lipinski definition) is 2. The van der Waals surface area contributed by atoms with Gasteiger partial charge >= 0.3 is 0 Å². The molecule has 0 amide bonds. The number of anilines is 1. The molecule has 0 bridgehead atoms. The van der Waals surface area contributed by atoms with Crippen molar-refractivity contribution >= 4 is 22.3 Å². The van der Waals surface area contributed by atoms with Gasteiger partial charge in [0.25, 0.3) is 5.69 Å². The number of hydrogen-bond acceptors (Lipinski definition) is 4. The van der Waals surface area contributed by atoms with Gasteiger partial charge in [-0.05, 0) is 31.0 Å². The summed E-state index contributed by atoms with van der Waals surface area (Å²) in [6, 6.07) is 11.0. The summed E-state index contributed by atoms with van der Waals surface area (Å²) in [6.45, 7) is 2.41. The second-order valence-corrected chi connectivity index (χ2v) is 5.59. The van der Waals surface area contributed by atoms with E-state index in [4.69, 9.17) is 4.74 Å². The average molecular weight is 413 g/mol. The van der Waals surface area contributed by atoms with Crippen LogP contribution in [0, 0.1) is 23.2 Å². The fourth-order valence-electron chi connectivity index (χ4n) is 2.68. The van der Waals surface area contributed by atoms with Gasteiger partial charge in [-0.2, -0.15) is 0 Å². The molecule has 0 aliphatic carbocycles. The maximum atomic E-state index is 11.2. The van der Waals surface area contributed by atoms with E-state index in [9.17, 15) is 10.1 Å². The minimum absolute atomic E-state index is 0. The van der Waals surface area contributed by atoms with Gasteiger partial charge in [0.1, 0.15) is 11.4 Å². The van der Waals surface area contributed by atoms with E-state index in [0.717, 1.165) is 27.8 Å². The third-order valence-electron chi connectivity index (χ3n) is 3.94. The number of nitro benzene ring substituents is 1. The van der Waals surface area contributed by atoms with Gasteiger partial charge in [0, 0.05) is 45.3 Å². The number of nitrogens with zero attached hydrogens (tertiary/aromatic N) is 1. The SMILES string of the molecule is COc1ccc2[nH][c-]c(CCNc3ccc(C)cc3[N+](=O)[O-])c2c1.[Y]. The van der Waals surface area contributed by atoms with E-state index in [0.29, 0.717) is 18.7 Å². The van der Waals surface area contributed by atoms with Gasteiger partial charge in [-0.25, -0.2) is 0 Å². The molecule has 0 aliphatic rings. The summed E-state index contributed by atoms with van der Waals surface area (Å²) in [5, 5.41) is 15.3. The molecule has 1 radical (unpaired) electrons. The molecule has 0 spiro atoms. The normalized spacial score (nSPS) is 10.3. The van der Waals surface area contributed by atoms with Crippen LogP contribution in [0.3, 0.4) is 0 Å². The monoisotopic (exact) mass is 413 g/mol. The molecule has 0 saturated carbocycles. The van der Waals surface area contributed by atoms with Crippen molar-refractivity contribution in [1.82, 2.24) is 4.98 Å². The van der Waals surface area contributed by atoms with Crippen molar-refractivity contribution in [3.8, 4) is 5.75 Å². The zero-order valence-electron chi connectivity index (χ0n) is 14.1. The van der Waals surface area contributed by atoms with Crippen molar-refractivity contribution in [2.45, 2.75) is 13.3 Å². The quantitative estimate of drug-likeness (QED) is 0.366. The van der Waals surface area contributed by atoms with Gasteiger partial charge < -0.3 is 15.0 Å². The van der Waals surface area contributed by atoms with E-state index in [1.165, 1.54) is 0 Å². The van der Waals surface area contributed by atoms with Crippen molar-refractivity contribution in [2.75, 3.05) is 19.0 Å². The average Bonchev–Trinajstić information content (AvgIpc) is 2.98. The smallest absolute Gasteiger partial charge is 0.292 e. The molecule has 2 N–H and O–H groups in total. The van der Waals surface area contributed by atoms with Gasteiger partial charge in [-0.15, -0.1) is 28.7 Å². The summed E-state index contributed by atoms with van der Waals surface area (Å²) in [7, 11) is 1.63. The topological polar surface area (TPSA) is 80.2 Å². The molecule has 0 fully saturated rings. The van der Waals surface area contributed by atoms with Crippen LogP contribution in [0.2, 0.25) is 0 Å². The molecular weight excluding hydrogens is 395 g/mol. The molecular formula is C18H18N3O3Y-. The van der Waals surface area contributed by atoms with Crippen molar-refractivity contribution in [2.24, 2.45) is 0 Å². The first kappa shape index (κ1) is 19.4. The van der Waals surface area contributed by atoms with Crippen molar-refractivity contribution in [3.05, 3.63) is 63.8 Å². The Bertz CT molecular complexity index is 892. The largest absolute Gasteiger partial charge is 0.498 e. The zero-order chi connectivity index (χ0) is 17.1. The predicted octanol–water partition coefficient (Wildman–Crippen LogP) is 3.85. The van der Waals surface area contributed by atoms with Crippen LogP contribution in [-0.4, -0.2) is 23.6 Å². The maximum Gasteiger partial charge on any atom is 0.292 e. The van der Waals surface area contributed by atoms with Gasteiger partial charge in [0.2, 0.25) is 0 Å². The molecule has 1 aromatic heterocycles. The summed E-state index contributed by atoms with van der Waals surface area (Å²) >= 11 is 0. The predicted molar refractivity (Wildman–Crippen MR) is 93.7 cm³/mol. The van der Waals surface area contributed by atoms with E-state index in [2.05, 4.69) is 16.5 Å². The van der Waals surface area contributed by atoms with Crippen LogP contribution in [0.25, 0.3) is 10.9 Å². The van der Waals surface area contributed by atoms with E-state index >= 15 is 0 Å². The molecule has 0 unspecified atom stereocenters. The number of methoxy groups -OCH3 is 1. The fourth-order valence-corrected chi connectivity index (χ4v) is 2.68. The molecule has 0 saturated heterocycles. The third-order valence-corrected chi connectivity index (χ3v) is 3.94. The van der Waals surface area contributed by atoms with Crippen LogP contribution in [-0.2, 0) is 39.1 Å². The van der Waals surface area contributed by atoms with Crippen LogP contribution in [0.1, 0.15) is 11.1 Å². The second-order valence-electron chi connectivity index (χ2n) is 5.59. The Morgan fingerprint density at radius 1 is 1.28 bits per heavy atom. The fraction of sp³-hybridized carbons (Fsp3) is 0.222. The van der Waals surface area contributed by atoms with Gasteiger partial charge in [0.15, 0.2) is 0 Å². The molecule has 3 aromatic rings. The number of rotatable bonds is 6. The van der Waals surface area contributed by atoms with Crippen molar-refractivity contribution in [3.63, 3.8) is 0 Å². The van der Waals surface area contributed by atoms with E-state index in [-0.39, 0.29) is 43.3 Å². The number of aromatic nitrogens is 1. The van der Waals surface area contributed by atoms with Crippen LogP contribution in [0.5, 0.6) is 5.75 Å². The number of fused-ring (bicyclic) bond motifs is 1. The Morgan fingerprint density at radius 3 is 2.80 bits per heavy atom. The van der Waals surface area contributed by atoms with E-state index in [1.807, 2.05) is 31.2 Å². The molecule has 2 aromatic carbocycles. The summed E-state index contributed by atoms with van der Waals surface area (Å²) < 4.78 is 5.26. The van der Waals surface area contributed by atoms with Gasteiger partial charge in [0.05, 0.1) is 12.0 Å². The number of ether oxygens (including phenoxy) is 1. The van der Waals surface area contributed by atoms with Crippen LogP contribution in [0.15, 0.2) is 36.4 Å². The molecule has 25 heavy (non-hydrogen) atoms. The standard InChI is InChI=1S/C18H18N3O3.Y/c1-12-3-5-17(18(9-12)21(22)23)19-8-7-13-11-20-16-6-4-14(24-2)10-15(13)16;/h3-6,9-10,19-20H,7-8H2,1-2H3;/q-1;. The Morgan fingerprint density at radius 2 is 2.08 bits per heavy atom. The minimum Gasteiger partial charge on any atom is -0.498 e. The number of nitrogens with one attached hydrogen (secondary N) is 2. The molecule has 0 aliphatic heterocycles. The number of benzene rings is 2. The molecule has 3 rings (SSSR count). The van der Waals surface area contributed by atoms with Crippen molar-refractivity contribution < 1.29 is 42.4 Å². The van der Waals surface area contributed by atoms with Crippen molar-refractivity contribution in [1.29, 1.82) is 0 Å². The minimum atomic E-state index is -0.363. The van der Waals surface area contributed by atoms with Crippen LogP contribution in [0.4, 0.5) is 11.4 Å². The molecule has 6 nitrogen and oxygen atoms in total. The van der Waals surface area contributed by atoms with E-state index in [1.54, 1.807) is 19.2 Å². The third kappa shape index (κ3) is 4.38. The first-order valence-electron chi connectivity index (χ1n) is 7.63. The van der Waals surface area contributed by atoms with Crippen LogP contribution < -0.4 is 10.1 Å². The molecule has 0 atom stereocenters. The summed E-state index contributed by atoms with van der Waals surface area (Å²) in [5.41, 5.74) is 3.50. The van der Waals surface area contributed by atoms with Crippen LogP contribution >= 0.6 is 0 Å². The number of nitro groups is 1. The number of aryl methyl sites for hydroxylation is 1. The summed E-state index contributed by atoms with van der Waals surface area (Å²) in [5.74, 6) is 0.791. The maximum absolute atomic E-state index is 11.2. The molecule has 7 heteroatoms. The Balaban J connectivity index is 0.00000225. The Kier molecular flexibility index (Phi) is 6.56. The number of H-pyrrole nitrogens is 1. The van der Waals surface area contributed by atoms with E-state index < -0.39 is 0 Å². The second kappa shape index (κ2) is 8.45. The summed E-state index contributed by atoms with van der Waals surface area (Å²) in [4.78, 5) is 13.9. The van der Waals surface area contributed by atoms with Gasteiger partial charge in [-0.3, -0.25) is 10.1 Å². The number of aromatic amines is 1.